The van der Waals surface area contributed by atoms with E-state index in [0.717, 1.165) is 26.9 Å². The zero-order valence-corrected chi connectivity index (χ0v) is 14.1. The SMILES string of the molecule is O=C(N(CCc1ccccc1I)C1C=CCCC1)C(F)(F)F. The fourth-order valence-corrected chi connectivity index (χ4v) is 3.23. The van der Waals surface area contributed by atoms with Gasteiger partial charge in [0.1, 0.15) is 0 Å². The normalized spacial score (nSPS) is 18.3. The molecule has 1 amide bonds. The molecule has 22 heavy (non-hydrogen) atoms. The second-order valence-corrected chi connectivity index (χ2v) is 6.43. The molecule has 0 N–H and O–H groups in total. The molecule has 1 atom stereocenters. The summed E-state index contributed by atoms with van der Waals surface area (Å²) in [5.74, 6) is -1.74. The average molecular weight is 423 g/mol. The van der Waals surface area contributed by atoms with E-state index in [1.807, 2.05) is 30.3 Å². The highest BCUT2D eigenvalue weighted by atomic mass is 127. The molecule has 1 aliphatic carbocycles. The highest BCUT2D eigenvalue weighted by Crippen LogP contribution is 2.25. The van der Waals surface area contributed by atoms with Crippen LogP contribution in [-0.2, 0) is 11.2 Å². The van der Waals surface area contributed by atoms with Gasteiger partial charge in [-0.2, -0.15) is 13.2 Å². The Labute approximate surface area is 141 Å². The van der Waals surface area contributed by atoms with Crippen LogP contribution in [0, 0.1) is 3.57 Å². The number of carbonyl (C=O) groups excluding carboxylic acids is 1. The van der Waals surface area contributed by atoms with E-state index in [2.05, 4.69) is 22.6 Å². The van der Waals surface area contributed by atoms with Crippen LogP contribution in [0.5, 0.6) is 0 Å². The maximum Gasteiger partial charge on any atom is 0.471 e. The number of benzene rings is 1. The summed E-state index contributed by atoms with van der Waals surface area (Å²) in [6.07, 6.45) is 1.44. The topological polar surface area (TPSA) is 20.3 Å². The molecule has 2 nitrogen and oxygen atoms in total. The summed E-state index contributed by atoms with van der Waals surface area (Å²) in [6.45, 7) is 0.0768. The Hall–Kier alpha value is -1.05. The number of hydrogen-bond donors (Lipinski definition) is 0. The zero-order valence-electron chi connectivity index (χ0n) is 11.9. The van der Waals surface area contributed by atoms with E-state index in [9.17, 15) is 18.0 Å². The van der Waals surface area contributed by atoms with Gasteiger partial charge in [0.2, 0.25) is 0 Å². The van der Waals surface area contributed by atoms with Crippen LogP contribution in [-0.4, -0.2) is 29.6 Å². The van der Waals surface area contributed by atoms with Crippen molar-refractivity contribution < 1.29 is 18.0 Å². The summed E-state index contributed by atoms with van der Waals surface area (Å²) in [7, 11) is 0. The van der Waals surface area contributed by atoms with Crippen molar-refractivity contribution in [3.05, 3.63) is 45.6 Å². The summed E-state index contributed by atoms with van der Waals surface area (Å²) >= 11 is 2.16. The molecule has 0 saturated carbocycles. The van der Waals surface area contributed by atoms with Gasteiger partial charge in [0.25, 0.3) is 0 Å². The minimum atomic E-state index is -4.82. The van der Waals surface area contributed by atoms with Gasteiger partial charge >= 0.3 is 12.1 Å². The van der Waals surface area contributed by atoms with Crippen LogP contribution in [0.4, 0.5) is 13.2 Å². The first-order valence-corrected chi connectivity index (χ1v) is 8.25. The Morgan fingerprint density at radius 3 is 2.64 bits per heavy atom. The molecular formula is C16H17F3INO. The molecule has 2 rings (SSSR count). The van der Waals surface area contributed by atoms with Crippen LogP contribution >= 0.6 is 22.6 Å². The molecule has 120 valence electrons. The van der Waals surface area contributed by atoms with Crippen molar-refractivity contribution in [3.8, 4) is 0 Å². The largest absolute Gasteiger partial charge is 0.471 e. The van der Waals surface area contributed by atoms with Crippen LogP contribution < -0.4 is 0 Å². The fraction of sp³-hybridized carbons (Fsp3) is 0.438. The van der Waals surface area contributed by atoms with E-state index in [1.54, 1.807) is 6.08 Å². The first-order valence-electron chi connectivity index (χ1n) is 7.17. The van der Waals surface area contributed by atoms with Gasteiger partial charge in [-0.05, 0) is 59.9 Å². The molecule has 1 aromatic rings. The molecule has 1 unspecified atom stereocenters. The van der Waals surface area contributed by atoms with Crippen molar-refractivity contribution in [2.24, 2.45) is 0 Å². The summed E-state index contributed by atoms with van der Waals surface area (Å²) in [6, 6.07) is 7.08. The van der Waals surface area contributed by atoms with Crippen molar-refractivity contribution in [2.45, 2.75) is 37.9 Å². The molecule has 6 heteroatoms. The first-order chi connectivity index (χ1) is 10.4. The van der Waals surface area contributed by atoms with Crippen molar-refractivity contribution in [1.29, 1.82) is 0 Å². The number of carbonyl (C=O) groups is 1. The molecule has 0 fully saturated rings. The average Bonchev–Trinajstić information content (AvgIpc) is 2.49. The Morgan fingerprint density at radius 1 is 1.32 bits per heavy atom. The number of amides is 1. The Kier molecular flexibility index (Phi) is 5.88. The quantitative estimate of drug-likeness (QED) is 0.522. The third kappa shape index (κ3) is 4.47. The van der Waals surface area contributed by atoms with Gasteiger partial charge in [0.15, 0.2) is 0 Å². The molecule has 0 aromatic heterocycles. The van der Waals surface area contributed by atoms with E-state index in [-0.39, 0.29) is 6.54 Å². The van der Waals surface area contributed by atoms with Crippen LogP contribution in [0.1, 0.15) is 24.8 Å². The summed E-state index contributed by atoms with van der Waals surface area (Å²) in [5.41, 5.74) is 0.961. The molecule has 0 bridgehead atoms. The van der Waals surface area contributed by atoms with Gasteiger partial charge in [-0.1, -0.05) is 30.4 Å². The van der Waals surface area contributed by atoms with E-state index >= 15 is 0 Å². The number of halogens is 4. The number of hydrogen-bond acceptors (Lipinski definition) is 1. The van der Waals surface area contributed by atoms with Gasteiger partial charge in [-0.25, -0.2) is 0 Å². The fourth-order valence-electron chi connectivity index (χ4n) is 2.58. The molecule has 0 radical (unpaired) electrons. The minimum absolute atomic E-state index is 0.0768. The van der Waals surface area contributed by atoms with Crippen molar-refractivity contribution in [1.82, 2.24) is 4.90 Å². The van der Waals surface area contributed by atoms with Crippen molar-refractivity contribution >= 4 is 28.5 Å². The smallest absolute Gasteiger partial charge is 0.328 e. The second-order valence-electron chi connectivity index (χ2n) is 5.26. The number of allylic oxidation sites excluding steroid dienone is 1. The lowest BCUT2D eigenvalue weighted by Crippen LogP contribution is -2.47. The highest BCUT2D eigenvalue weighted by Gasteiger charge is 2.44. The Balaban J connectivity index is 2.14. The van der Waals surface area contributed by atoms with E-state index in [1.165, 1.54) is 0 Å². The Morgan fingerprint density at radius 2 is 2.05 bits per heavy atom. The standard InChI is InChI=1S/C16H17F3INO/c17-16(18,19)15(22)21(13-7-2-1-3-8-13)11-10-12-6-4-5-9-14(12)20/h2,4-7,9,13H,1,3,8,10-11H2. The van der Waals surface area contributed by atoms with Crippen LogP contribution in [0.25, 0.3) is 0 Å². The molecule has 0 spiro atoms. The molecule has 0 saturated heterocycles. The third-order valence-corrected chi connectivity index (χ3v) is 4.76. The maximum atomic E-state index is 12.8. The Bertz CT molecular complexity index is 557. The van der Waals surface area contributed by atoms with E-state index in [0.29, 0.717) is 12.8 Å². The molecule has 0 heterocycles. The summed E-state index contributed by atoms with van der Waals surface area (Å²) in [5, 5.41) is 0. The van der Waals surface area contributed by atoms with Gasteiger partial charge in [-0.15, -0.1) is 0 Å². The van der Waals surface area contributed by atoms with Gasteiger partial charge in [-0.3, -0.25) is 4.79 Å². The molecule has 1 aliphatic rings. The predicted molar refractivity (Wildman–Crippen MR) is 87.4 cm³/mol. The lowest BCUT2D eigenvalue weighted by Gasteiger charge is -2.32. The van der Waals surface area contributed by atoms with Gasteiger partial charge < -0.3 is 4.90 Å². The number of rotatable bonds is 4. The first kappa shape index (κ1) is 17.3. The van der Waals surface area contributed by atoms with Crippen LogP contribution in [0.3, 0.4) is 0 Å². The monoisotopic (exact) mass is 423 g/mol. The van der Waals surface area contributed by atoms with E-state index in [4.69, 9.17) is 0 Å². The molecule has 0 aliphatic heterocycles. The molecule has 1 aromatic carbocycles. The van der Waals surface area contributed by atoms with Crippen LogP contribution in [0.15, 0.2) is 36.4 Å². The summed E-state index contributed by atoms with van der Waals surface area (Å²) in [4.78, 5) is 12.7. The number of nitrogens with zero attached hydrogens (tertiary/aromatic N) is 1. The minimum Gasteiger partial charge on any atom is -0.328 e. The molecular weight excluding hydrogens is 406 g/mol. The lowest BCUT2D eigenvalue weighted by molar-refractivity contribution is -0.187. The zero-order chi connectivity index (χ0) is 16.2. The van der Waals surface area contributed by atoms with Crippen molar-refractivity contribution in [2.75, 3.05) is 6.54 Å². The highest BCUT2D eigenvalue weighted by molar-refractivity contribution is 14.1. The number of alkyl halides is 3. The van der Waals surface area contributed by atoms with Crippen molar-refractivity contribution in [3.63, 3.8) is 0 Å². The van der Waals surface area contributed by atoms with E-state index < -0.39 is 18.1 Å². The maximum absolute atomic E-state index is 12.8. The second kappa shape index (κ2) is 7.48. The van der Waals surface area contributed by atoms with Gasteiger partial charge in [0, 0.05) is 10.1 Å². The summed E-state index contributed by atoms with van der Waals surface area (Å²) < 4.78 is 39.5. The predicted octanol–water partition coefficient (Wildman–Crippen LogP) is 4.33. The van der Waals surface area contributed by atoms with Gasteiger partial charge in [0.05, 0.1) is 6.04 Å². The lowest BCUT2D eigenvalue weighted by atomic mass is 10.0. The third-order valence-electron chi connectivity index (χ3n) is 3.71. The van der Waals surface area contributed by atoms with Crippen LogP contribution in [0.2, 0.25) is 0 Å².